The van der Waals surface area contributed by atoms with Crippen LogP contribution in [0.3, 0.4) is 0 Å². The van der Waals surface area contributed by atoms with Gasteiger partial charge < -0.3 is 43.3 Å². The topological polar surface area (TPSA) is 198 Å². The zero-order chi connectivity index (χ0) is 41.6. The summed E-state index contributed by atoms with van der Waals surface area (Å²) in [7, 11) is 0. The molecule has 6 unspecified atom stereocenters. The van der Waals surface area contributed by atoms with E-state index in [4.69, 9.17) is 43.3 Å². The van der Waals surface area contributed by atoms with Crippen LogP contribution in [0.4, 0.5) is 0 Å². The van der Waals surface area contributed by atoms with Crippen LogP contribution in [-0.4, -0.2) is 92.4 Å². The maximum Gasteiger partial charge on any atom is 0.338 e. The Morgan fingerprint density at radius 2 is 1.22 bits per heavy atom. The van der Waals surface area contributed by atoms with Crippen molar-refractivity contribution < 1.29 is 52.3 Å². The molecule has 308 valence electrons. The fraction of sp³-hybridized carbons (Fsp3) is 0.364. The normalized spacial score (nSPS) is 26.4. The Balaban J connectivity index is 1.37. The number of benzene rings is 4. The molecule has 2 heterocycles. The van der Waals surface area contributed by atoms with E-state index in [-0.39, 0.29) is 32.0 Å². The van der Waals surface area contributed by atoms with Gasteiger partial charge in [0.05, 0.1) is 36.5 Å². The van der Waals surface area contributed by atoms with Crippen molar-refractivity contribution in [1.29, 1.82) is 5.41 Å². The summed E-state index contributed by atoms with van der Waals surface area (Å²) in [5.41, 5.74) is 12.1. The van der Waals surface area contributed by atoms with Crippen LogP contribution in [0.15, 0.2) is 126 Å². The summed E-state index contributed by atoms with van der Waals surface area (Å²) in [6.07, 6.45) is -8.10. The number of hydrogen-bond donors (Lipinski definition) is 1. The van der Waals surface area contributed by atoms with Crippen molar-refractivity contribution >= 4 is 24.1 Å². The second-order valence-corrected chi connectivity index (χ2v) is 14.0. The van der Waals surface area contributed by atoms with Crippen LogP contribution in [0.25, 0.3) is 10.4 Å². The SMILES string of the molecule is CC(=O)OC[C@@H]1OC(C=N)C(OC(=O)c2ccccc2)C(OCc2ccccc2)[C@@H]1OC1OC(COC(=O)c2ccccc2)C(C)[C@@H](OCc2ccccc2)[C@@H]1N=[N+]=[N-]. The third-order valence-electron chi connectivity index (χ3n) is 10.0. The minimum Gasteiger partial charge on any atom is -0.463 e. The van der Waals surface area contributed by atoms with E-state index >= 15 is 0 Å². The molecule has 2 saturated heterocycles. The molecule has 2 fully saturated rings. The van der Waals surface area contributed by atoms with E-state index in [1.165, 1.54) is 6.92 Å². The predicted molar refractivity (Wildman–Crippen MR) is 212 cm³/mol. The highest BCUT2D eigenvalue weighted by Gasteiger charge is 2.53. The van der Waals surface area contributed by atoms with E-state index in [9.17, 15) is 19.9 Å². The number of azide groups is 1. The number of nitrogens with one attached hydrogen (secondary N) is 1. The second-order valence-electron chi connectivity index (χ2n) is 14.0. The van der Waals surface area contributed by atoms with Gasteiger partial charge in [0.2, 0.25) is 0 Å². The molecule has 0 aromatic heterocycles. The lowest BCUT2D eigenvalue weighted by atomic mass is 9.89. The minimum atomic E-state index is -1.40. The first-order valence-electron chi connectivity index (χ1n) is 19.2. The highest BCUT2D eigenvalue weighted by Crippen LogP contribution is 2.37. The molecule has 15 nitrogen and oxygen atoms in total. The number of carbonyl (C=O) groups is 3. The van der Waals surface area contributed by atoms with Gasteiger partial charge in [-0.2, -0.15) is 0 Å². The molecule has 0 saturated carbocycles. The van der Waals surface area contributed by atoms with Crippen LogP contribution in [-0.2, 0) is 55.9 Å². The van der Waals surface area contributed by atoms with E-state index in [0.717, 1.165) is 17.3 Å². The van der Waals surface area contributed by atoms with E-state index < -0.39 is 78.9 Å². The lowest BCUT2D eigenvalue weighted by Gasteiger charge is -2.48. The smallest absolute Gasteiger partial charge is 0.338 e. The van der Waals surface area contributed by atoms with E-state index in [1.807, 2.05) is 67.6 Å². The third kappa shape index (κ3) is 11.4. The van der Waals surface area contributed by atoms with Gasteiger partial charge in [-0.3, -0.25) is 4.79 Å². The lowest BCUT2D eigenvalue weighted by molar-refractivity contribution is -0.317. The quantitative estimate of drug-likeness (QED) is 0.0300. The zero-order valence-electron chi connectivity index (χ0n) is 32.6. The predicted octanol–water partition coefficient (Wildman–Crippen LogP) is 6.64. The summed E-state index contributed by atoms with van der Waals surface area (Å²) in [6, 6.07) is 34.3. The van der Waals surface area contributed by atoms with Crippen molar-refractivity contribution in [3.63, 3.8) is 0 Å². The molecule has 2 aliphatic rings. The first-order valence-corrected chi connectivity index (χ1v) is 19.2. The van der Waals surface area contributed by atoms with Crippen LogP contribution < -0.4 is 0 Å². The van der Waals surface area contributed by atoms with Gasteiger partial charge in [-0.15, -0.1) is 0 Å². The highest BCUT2D eigenvalue weighted by atomic mass is 16.7. The van der Waals surface area contributed by atoms with E-state index in [2.05, 4.69) is 10.0 Å². The van der Waals surface area contributed by atoms with Gasteiger partial charge in [-0.05, 0) is 40.9 Å². The largest absolute Gasteiger partial charge is 0.463 e. The Kier molecular flexibility index (Phi) is 15.3. The maximum absolute atomic E-state index is 13.6. The fourth-order valence-corrected chi connectivity index (χ4v) is 6.96. The molecular weight excluding hydrogens is 761 g/mol. The van der Waals surface area contributed by atoms with Gasteiger partial charge >= 0.3 is 17.9 Å². The van der Waals surface area contributed by atoms with Gasteiger partial charge in [0.1, 0.15) is 43.7 Å². The summed E-state index contributed by atoms with van der Waals surface area (Å²) in [6.45, 7) is 2.65. The highest BCUT2D eigenvalue weighted by molar-refractivity contribution is 5.90. The molecular formula is C44H46N4O11. The Morgan fingerprint density at radius 1 is 0.695 bits per heavy atom. The number of esters is 3. The molecule has 15 heteroatoms. The van der Waals surface area contributed by atoms with Crippen molar-refractivity contribution in [2.24, 2.45) is 11.0 Å². The van der Waals surface area contributed by atoms with Crippen molar-refractivity contribution in [2.45, 2.75) is 82.1 Å². The maximum atomic E-state index is 13.6. The molecule has 10 atom stereocenters. The molecule has 0 spiro atoms. The second kappa shape index (κ2) is 21.2. The summed E-state index contributed by atoms with van der Waals surface area (Å²) >= 11 is 0. The van der Waals surface area contributed by atoms with Crippen molar-refractivity contribution in [1.82, 2.24) is 0 Å². The number of ether oxygens (including phenoxy) is 8. The molecule has 4 aromatic rings. The molecule has 6 rings (SSSR count). The molecule has 0 amide bonds. The number of rotatable bonds is 17. The number of nitrogens with zero attached hydrogens (tertiary/aromatic N) is 3. The van der Waals surface area contributed by atoms with Crippen molar-refractivity contribution in [2.75, 3.05) is 13.2 Å². The van der Waals surface area contributed by atoms with Gasteiger partial charge in [-0.1, -0.05) is 109 Å². The van der Waals surface area contributed by atoms with Crippen molar-refractivity contribution in [3.8, 4) is 0 Å². The van der Waals surface area contributed by atoms with Gasteiger partial charge in [0, 0.05) is 24.0 Å². The molecule has 59 heavy (non-hydrogen) atoms. The average Bonchev–Trinajstić information content (AvgIpc) is 3.27. The number of hydrogen-bond acceptors (Lipinski definition) is 13. The van der Waals surface area contributed by atoms with Crippen LogP contribution >= 0.6 is 0 Å². The van der Waals surface area contributed by atoms with Crippen LogP contribution in [0.1, 0.15) is 45.7 Å². The molecule has 2 aliphatic heterocycles. The molecule has 4 aromatic carbocycles. The van der Waals surface area contributed by atoms with Gasteiger partial charge in [0.15, 0.2) is 12.4 Å². The van der Waals surface area contributed by atoms with Crippen LogP contribution in [0, 0.1) is 11.3 Å². The Labute approximate surface area is 341 Å². The standard InChI is InChI=1S/C44H46N4O11/c1-28-35(26-55-42(50)32-19-11-5-12-20-32)57-44(37(47-48-46)38(28)53-24-30-15-7-3-8-16-30)59-40-36(27-52-29(2)49)56-34(23-45)39(58-43(51)33-21-13-6-14-22-33)41(40)54-25-31-17-9-4-10-18-31/h3-23,28,34-41,44-45H,24-27H2,1-2H3/t28?,34?,35?,36-,37-,38+,39?,40+,41?,44?/m0/s1. The van der Waals surface area contributed by atoms with Gasteiger partial charge in [-0.25, -0.2) is 9.59 Å². The molecule has 0 aliphatic carbocycles. The zero-order valence-corrected chi connectivity index (χ0v) is 32.6. The molecule has 1 N–H and O–H groups in total. The fourth-order valence-electron chi connectivity index (χ4n) is 6.96. The Bertz CT molecular complexity index is 2020. The Morgan fingerprint density at radius 3 is 1.76 bits per heavy atom. The summed E-state index contributed by atoms with van der Waals surface area (Å²) in [4.78, 5) is 42.0. The molecule has 0 bridgehead atoms. The van der Waals surface area contributed by atoms with Gasteiger partial charge in [0.25, 0.3) is 0 Å². The lowest BCUT2D eigenvalue weighted by Crippen LogP contribution is -2.65. The first kappa shape index (κ1) is 42.7. The van der Waals surface area contributed by atoms with Crippen LogP contribution in [0.2, 0.25) is 0 Å². The van der Waals surface area contributed by atoms with Crippen LogP contribution in [0.5, 0.6) is 0 Å². The van der Waals surface area contributed by atoms with E-state index in [0.29, 0.717) is 5.56 Å². The first-order chi connectivity index (χ1) is 28.7. The Hall–Kier alpha value is -5.93. The average molecular weight is 807 g/mol. The summed E-state index contributed by atoms with van der Waals surface area (Å²) in [5.74, 6) is -2.40. The third-order valence-corrected chi connectivity index (χ3v) is 10.0. The monoisotopic (exact) mass is 806 g/mol. The molecule has 0 radical (unpaired) electrons. The van der Waals surface area contributed by atoms with Crippen molar-refractivity contribution in [3.05, 3.63) is 154 Å². The van der Waals surface area contributed by atoms with E-state index in [1.54, 1.807) is 60.7 Å². The minimum absolute atomic E-state index is 0.0129. The summed E-state index contributed by atoms with van der Waals surface area (Å²) in [5, 5.41) is 12.4. The number of carbonyl (C=O) groups excluding carboxylic acids is 3. The summed E-state index contributed by atoms with van der Waals surface area (Å²) < 4.78 is 49.9.